The Kier molecular flexibility index (Phi) is 2.97. The van der Waals surface area contributed by atoms with Crippen molar-refractivity contribution in [1.29, 1.82) is 0 Å². The van der Waals surface area contributed by atoms with Gasteiger partial charge in [-0.25, -0.2) is 9.88 Å². The number of nitrogens with zero attached hydrogens (tertiary/aromatic N) is 2. The number of thiol groups is 1. The average molecular weight is 240 g/mol. The van der Waals surface area contributed by atoms with Crippen molar-refractivity contribution < 1.29 is 9.59 Å². The van der Waals surface area contributed by atoms with Crippen LogP contribution in [0.4, 0.5) is 5.69 Å². The highest BCUT2D eigenvalue weighted by atomic mass is 33.1. The summed E-state index contributed by atoms with van der Waals surface area (Å²) in [5.41, 5.74) is 0.532. The summed E-state index contributed by atoms with van der Waals surface area (Å²) in [7, 11) is 1.12. The fraction of sp³-hybridized carbons (Fsp3) is 0.222. The molecule has 0 N–H and O–H groups in total. The van der Waals surface area contributed by atoms with Gasteiger partial charge in [0.2, 0.25) is 11.8 Å². The fourth-order valence-corrected chi connectivity index (χ4v) is 2.25. The van der Waals surface area contributed by atoms with Gasteiger partial charge in [0, 0.05) is 19.0 Å². The maximum absolute atomic E-state index is 11.5. The molecule has 4 nitrogen and oxygen atoms in total. The van der Waals surface area contributed by atoms with Crippen LogP contribution in [-0.2, 0) is 9.59 Å². The van der Waals surface area contributed by atoms with E-state index in [0.29, 0.717) is 10.7 Å². The summed E-state index contributed by atoms with van der Waals surface area (Å²) in [6, 6.07) is 3.40. The van der Waals surface area contributed by atoms with Crippen LogP contribution in [-0.4, -0.2) is 16.8 Å². The molecule has 0 saturated carbocycles. The van der Waals surface area contributed by atoms with Gasteiger partial charge < -0.3 is 0 Å². The molecule has 2 rings (SSSR count). The van der Waals surface area contributed by atoms with Crippen LogP contribution < -0.4 is 4.90 Å². The lowest BCUT2D eigenvalue weighted by Gasteiger charge is -2.15. The predicted octanol–water partition coefficient (Wildman–Crippen LogP) is 1.67. The standard InChI is InChI=1S/C9H8N2O2S2/c12-7-3-4-8(13)11(7)6-2-1-5-10-9(6)15-14/h1-2,5,14H,3-4H2. The van der Waals surface area contributed by atoms with Crippen molar-refractivity contribution in [2.24, 2.45) is 0 Å². The number of hydrogen-bond acceptors (Lipinski definition) is 5. The van der Waals surface area contributed by atoms with E-state index in [1.807, 2.05) is 0 Å². The topological polar surface area (TPSA) is 50.3 Å². The van der Waals surface area contributed by atoms with Crippen LogP contribution in [0.1, 0.15) is 12.8 Å². The lowest BCUT2D eigenvalue weighted by molar-refractivity contribution is -0.121. The molecule has 1 aliphatic rings. The number of hydrogen-bond donors (Lipinski definition) is 1. The number of aromatic nitrogens is 1. The van der Waals surface area contributed by atoms with Gasteiger partial charge in [0.05, 0.1) is 5.69 Å². The minimum atomic E-state index is -0.170. The minimum Gasteiger partial charge on any atom is -0.274 e. The largest absolute Gasteiger partial charge is 0.274 e. The summed E-state index contributed by atoms with van der Waals surface area (Å²) in [4.78, 5) is 28.2. The van der Waals surface area contributed by atoms with Gasteiger partial charge in [-0.2, -0.15) is 0 Å². The minimum absolute atomic E-state index is 0.170. The fourth-order valence-electron chi connectivity index (χ4n) is 1.47. The second-order valence-electron chi connectivity index (χ2n) is 3.04. The summed E-state index contributed by atoms with van der Waals surface area (Å²) in [6.07, 6.45) is 2.17. The normalized spacial score (nSPS) is 16.2. The van der Waals surface area contributed by atoms with Gasteiger partial charge in [0.1, 0.15) is 5.03 Å². The van der Waals surface area contributed by atoms with Gasteiger partial charge in [0.25, 0.3) is 0 Å². The molecule has 1 saturated heterocycles. The van der Waals surface area contributed by atoms with Crippen molar-refractivity contribution >= 4 is 40.0 Å². The number of carbonyl (C=O) groups is 2. The second kappa shape index (κ2) is 4.24. The first-order valence-electron chi connectivity index (χ1n) is 4.36. The average Bonchev–Trinajstić information content (AvgIpc) is 2.59. The lowest BCUT2D eigenvalue weighted by Crippen LogP contribution is -2.29. The lowest BCUT2D eigenvalue weighted by atomic mass is 10.4. The Morgan fingerprint density at radius 1 is 1.33 bits per heavy atom. The molecule has 78 valence electrons. The van der Waals surface area contributed by atoms with Crippen LogP contribution in [0.3, 0.4) is 0 Å². The Bertz CT molecular complexity index is 406. The van der Waals surface area contributed by atoms with E-state index < -0.39 is 0 Å². The van der Waals surface area contributed by atoms with Gasteiger partial charge in [-0.05, 0) is 22.9 Å². The molecule has 0 spiro atoms. The highest BCUT2D eigenvalue weighted by Crippen LogP contribution is 2.32. The Balaban J connectivity index is 2.44. The van der Waals surface area contributed by atoms with E-state index in [4.69, 9.17) is 0 Å². The maximum Gasteiger partial charge on any atom is 0.234 e. The van der Waals surface area contributed by atoms with Gasteiger partial charge in [-0.1, -0.05) is 0 Å². The van der Waals surface area contributed by atoms with Crippen LogP contribution in [0.2, 0.25) is 0 Å². The molecule has 0 aliphatic carbocycles. The summed E-state index contributed by atoms with van der Waals surface area (Å²) in [5, 5.41) is 0.574. The SMILES string of the molecule is O=C1CCC(=O)N1c1cccnc1SS. The first-order valence-corrected chi connectivity index (χ1v) is 6.23. The van der Waals surface area contributed by atoms with Gasteiger partial charge in [0.15, 0.2) is 0 Å². The van der Waals surface area contributed by atoms with E-state index in [2.05, 4.69) is 16.6 Å². The van der Waals surface area contributed by atoms with Crippen LogP contribution >= 0.6 is 22.5 Å². The summed E-state index contributed by atoms with van der Waals surface area (Å²) in [6.45, 7) is 0. The predicted molar refractivity (Wildman–Crippen MR) is 60.8 cm³/mol. The number of carbonyl (C=O) groups excluding carboxylic acids is 2. The van der Waals surface area contributed by atoms with Crippen molar-refractivity contribution in [1.82, 2.24) is 4.98 Å². The maximum atomic E-state index is 11.5. The molecular weight excluding hydrogens is 232 g/mol. The number of amides is 2. The molecule has 2 amide bonds. The Morgan fingerprint density at radius 3 is 2.60 bits per heavy atom. The monoisotopic (exact) mass is 240 g/mol. The zero-order chi connectivity index (χ0) is 10.8. The van der Waals surface area contributed by atoms with E-state index in [0.717, 1.165) is 10.8 Å². The third kappa shape index (κ3) is 1.87. The molecule has 1 aromatic rings. The summed E-state index contributed by atoms with van der Waals surface area (Å²) >= 11 is 4.04. The number of rotatable bonds is 2. The van der Waals surface area contributed by atoms with E-state index >= 15 is 0 Å². The molecule has 2 heterocycles. The zero-order valence-electron chi connectivity index (χ0n) is 7.71. The van der Waals surface area contributed by atoms with E-state index in [1.54, 1.807) is 18.3 Å². The second-order valence-corrected chi connectivity index (χ2v) is 4.16. The molecule has 0 atom stereocenters. The van der Waals surface area contributed by atoms with E-state index in [1.165, 1.54) is 4.90 Å². The molecule has 0 bridgehead atoms. The molecule has 0 radical (unpaired) electrons. The van der Waals surface area contributed by atoms with Crippen molar-refractivity contribution in [3.05, 3.63) is 18.3 Å². The van der Waals surface area contributed by atoms with Crippen molar-refractivity contribution in [2.75, 3.05) is 4.90 Å². The van der Waals surface area contributed by atoms with Crippen molar-refractivity contribution in [2.45, 2.75) is 17.9 Å². The van der Waals surface area contributed by atoms with Crippen molar-refractivity contribution in [3.8, 4) is 0 Å². The molecular formula is C9H8N2O2S2. The van der Waals surface area contributed by atoms with E-state index in [9.17, 15) is 9.59 Å². The van der Waals surface area contributed by atoms with Crippen LogP contribution in [0, 0.1) is 0 Å². The third-order valence-electron chi connectivity index (χ3n) is 2.13. The molecule has 1 aromatic heterocycles. The molecule has 1 fully saturated rings. The van der Waals surface area contributed by atoms with Gasteiger partial charge in [-0.3, -0.25) is 9.59 Å². The van der Waals surface area contributed by atoms with Crippen molar-refractivity contribution in [3.63, 3.8) is 0 Å². The molecule has 15 heavy (non-hydrogen) atoms. The first kappa shape index (κ1) is 10.5. The molecule has 0 aromatic carbocycles. The number of pyridine rings is 1. The summed E-state index contributed by atoms with van der Waals surface area (Å²) < 4.78 is 0. The zero-order valence-corrected chi connectivity index (χ0v) is 9.42. The Morgan fingerprint density at radius 2 is 2.00 bits per heavy atom. The van der Waals surface area contributed by atoms with Gasteiger partial charge >= 0.3 is 0 Å². The van der Waals surface area contributed by atoms with Crippen LogP contribution in [0.15, 0.2) is 23.4 Å². The molecule has 1 aliphatic heterocycles. The Labute approximate surface area is 95.9 Å². The highest BCUT2D eigenvalue weighted by Gasteiger charge is 2.31. The van der Waals surface area contributed by atoms with Gasteiger partial charge in [-0.15, -0.1) is 11.7 Å². The quantitative estimate of drug-likeness (QED) is 0.485. The smallest absolute Gasteiger partial charge is 0.234 e. The number of imide groups is 1. The molecule has 0 unspecified atom stereocenters. The summed E-state index contributed by atoms with van der Waals surface area (Å²) in [5.74, 6) is -0.340. The van der Waals surface area contributed by atoms with Crippen LogP contribution in [0.5, 0.6) is 0 Å². The molecule has 6 heteroatoms. The first-order chi connectivity index (χ1) is 7.24. The highest BCUT2D eigenvalue weighted by molar-refractivity contribution is 8.68. The Hall–Kier alpha value is -1.01. The van der Waals surface area contributed by atoms with E-state index in [-0.39, 0.29) is 24.7 Å². The number of anilines is 1. The third-order valence-corrected chi connectivity index (χ3v) is 3.14. The van der Waals surface area contributed by atoms with Crippen LogP contribution in [0.25, 0.3) is 0 Å².